The van der Waals surface area contributed by atoms with E-state index in [1.807, 2.05) is 0 Å². The average Bonchev–Trinajstić information content (AvgIpc) is 1.88. The first-order chi connectivity index (χ1) is 5.00. The first-order valence-electron chi connectivity index (χ1n) is 3.43. The molecule has 1 aliphatic heterocycles. The predicted molar refractivity (Wildman–Crippen MR) is 40.9 cm³/mol. The van der Waals surface area contributed by atoms with Gasteiger partial charge in [0.15, 0.2) is 0 Å². The summed E-state index contributed by atoms with van der Waals surface area (Å²) in [5, 5.41) is 6.94. The zero-order valence-electron chi connectivity index (χ0n) is 6.22. The Morgan fingerprint density at radius 1 is 1.18 bits per heavy atom. The van der Waals surface area contributed by atoms with Gasteiger partial charge in [0.05, 0.1) is 0 Å². The molecule has 11 heavy (non-hydrogen) atoms. The normalized spacial score (nSPS) is 18.4. The molecule has 68 valence electrons. The largest absolute Gasteiger partial charge is 0.369 e. The van der Waals surface area contributed by atoms with Crippen molar-refractivity contribution in [3.63, 3.8) is 0 Å². The fourth-order valence-electron chi connectivity index (χ4n) is 0.802. The maximum Gasteiger partial charge on any atom is 0.369 e. The third-order valence-corrected chi connectivity index (χ3v) is 1.21. The number of hydrogen-bond acceptors (Lipinski definition) is 3. The fraction of sp³-hybridized carbons (Fsp3) is 1.00. The lowest BCUT2D eigenvalue weighted by atomic mass is 10.2. The van der Waals surface area contributed by atoms with Gasteiger partial charge in [0.25, 0.3) is 0 Å². The highest BCUT2D eigenvalue weighted by molar-refractivity contribution is 7.83. The molecule has 0 aliphatic carbocycles. The molecular weight excluding hydrogens is 171 g/mol. The highest BCUT2D eigenvalue weighted by Crippen LogP contribution is 1.96. The van der Waals surface area contributed by atoms with Crippen molar-refractivity contribution in [1.82, 2.24) is 5.32 Å². The van der Waals surface area contributed by atoms with Gasteiger partial charge in [0.2, 0.25) is 0 Å². The zero-order valence-corrected chi connectivity index (χ0v) is 7.03. The van der Waals surface area contributed by atoms with Gasteiger partial charge in [-0.15, -0.1) is 0 Å². The minimum absolute atomic E-state index is 1.25. The van der Waals surface area contributed by atoms with Crippen LogP contribution in [0.15, 0.2) is 0 Å². The van der Waals surface area contributed by atoms with E-state index in [2.05, 4.69) is 10.5 Å². The monoisotopic (exact) mass is 184 g/mol. The first-order valence-corrected chi connectivity index (χ1v) is 4.88. The van der Waals surface area contributed by atoms with Crippen LogP contribution in [-0.2, 0) is 10.4 Å². The van der Waals surface area contributed by atoms with E-state index in [0.717, 1.165) is 0 Å². The van der Waals surface area contributed by atoms with Crippen molar-refractivity contribution in [2.45, 2.75) is 19.3 Å². The van der Waals surface area contributed by atoms with Crippen molar-refractivity contribution < 1.29 is 12.3 Å². The number of piperidine rings is 1. The molecular formula is C5H13FN2O2S. The molecule has 4 nitrogen and oxygen atoms in total. The van der Waals surface area contributed by atoms with E-state index in [9.17, 15) is 3.89 Å². The molecule has 0 radical (unpaired) electrons. The summed E-state index contributed by atoms with van der Waals surface area (Å²) in [7, 11) is -4.67. The van der Waals surface area contributed by atoms with Crippen LogP contribution in [0.25, 0.3) is 0 Å². The van der Waals surface area contributed by atoms with Gasteiger partial charge in [0.1, 0.15) is 0 Å². The molecule has 0 bridgehead atoms. The van der Waals surface area contributed by atoms with Crippen LogP contribution in [-0.4, -0.2) is 21.5 Å². The van der Waals surface area contributed by atoms with Crippen LogP contribution >= 0.6 is 0 Å². The lowest BCUT2D eigenvalue weighted by Gasteiger charge is -2.08. The molecule has 0 aromatic heterocycles. The van der Waals surface area contributed by atoms with Crippen LogP contribution in [0.4, 0.5) is 3.89 Å². The molecule has 0 saturated carbocycles. The van der Waals surface area contributed by atoms with Crippen molar-refractivity contribution in [3.05, 3.63) is 0 Å². The van der Waals surface area contributed by atoms with Gasteiger partial charge in [-0.1, -0.05) is 10.3 Å². The summed E-state index contributed by atoms with van der Waals surface area (Å²) in [6.45, 7) is 2.50. The van der Waals surface area contributed by atoms with Gasteiger partial charge < -0.3 is 5.32 Å². The van der Waals surface area contributed by atoms with Crippen LogP contribution < -0.4 is 10.5 Å². The fourth-order valence-corrected chi connectivity index (χ4v) is 0.802. The van der Waals surface area contributed by atoms with Gasteiger partial charge in [0, 0.05) is 0 Å². The van der Waals surface area contributed by atoms with E-state index in [-0.39, 0.29) is 0 Å². The number of nitrogens with two attached hydrogens (primary N) is 1. The number of halogens is 1. The van der Waals surface area contributed by atoms with E-state index in [4.69, 9.17) is 8.42 Å². The highest BCUT2D eigenvalue weighted by atomic mass is 32.3. The smallest absolute Gasteiger partial charge is 0.317 e. The summed E-state index contributed by atoms with van der Waals surface area (Å²) < 4.78 is 27.9. The number of nitrogens with one attached hydrogen (secondary N) is 1. The molecule has 0 unspecified atom stereocenters. The molecule has 1 aliphatic rings. The molecule has 0 amide bonds. The molecule has 1 rings (SSSR count). The van der Waals surface area contributed by atoms with E-state index in [1.165, 1.54) is 32.4 Å². The van der Waals surface area contributed by atoms with Crippen LogP contribution in [0.1, 0.15) is 19.3 Å². The van der Waals surface area contributed by atoms with Gasteiger partial charge in [-0.05, 0) is 25.9 Å². The molecule has 0 atom stereocenters. The summed E-state index contributed by atoms with van der Waals surface area (Å²) in [6, 6.07) is 0. The Morgan fingerprint density at radius 3 is 1.64 bits per heavy atom. The Labute approximate surface area is 66.3 Å². The highest BCUT2D eigenvalue weighted by Gasteiger charge is 1.93. The van der Waals surface area contributed by atoms with Crippen molar-refractivity contribution in [2.24, 2.45) is 5.14 Å². The quantitative estimate of drug-likeness (QED) is 0.517. The lowest BCUT2D eigenvalue weighted by molar-refractivity contribution is 0.520. The maximum atomic E-state index is 10.4. The zero-order chi connectivity index (χ0) is 8.74. The Kier molecular flexibility index (Phi) is 5.35. The molecule has 1 heterocycles. The molecule has 6 heteroatoms. The van der Waals surface area contributed by atoms with Crippen molar-refractivity contribution in [3.8, 4) is 0 Å². The molecule has 3 N–H and O–H groups in total. The lowest BCUT2D eigenvalue weighted by Crippen LogP contribution is -2.21. The van der Waals surface area contributed by atoms with Crippen LogP contribution in [0, 0.1) is 0 Å². The third kappa shape index (κ3) is 17.7. The Hall–Kier alpha value is -0.200. The van der Waals surface area contributed by atoms with Crippen LogP contribution in [0.2, 0.25) is 0 Å². The molecule has 0 aromatic carbocycles. The summed E-state index contributed by atoms with van der Waals surface area (Å²) in [4.78, 5) is 0. The minimum atomic E-state index is -4.67. The second-order valence-electron chi connectivity index (χ2n) is 2.29. The van der Waals surface area contributed by atoms with E-state index >= 15 is 0 Å². The van der Waals surface area contributed by atoms with E-state index in [0.29, 0.717) is 0 Å². The summed E-state index contributed by atoms with van der Waals surface area (Å²) in [5.41, 5.74) is 0. The van der Waals surface area contributed by atoms with Crippen molar-refractivity contribution in [2.75, 3.05) is 13.1 Å². The number of rotatable bonds is 0. The predicted octanol–water partition coefficient (Wildman–Crippen LogP) is -0.0807. The Bertz CT molecular complexity index is 157. The standard InChI is InChI=1S/C5H11N.FH2NO2S/c1-2-4-6-5-3-1;1-5(2,3)4/h6H,1-5H2;(H2,2,3,4). The number of hydrogen-bond donors (Lipinski definition) is 2. The first kappa shape index (κ1) is 10.8. The van der Waals surface area contributed by atoms with Gasteiger partial charge in [-0.25, -0.2) is 5.14 Å². The van der Waals surface area contributed by atoms with Crippen molar-refractivity contribution in [1.29, 1.82) is 0 Å². The Balaban J connectivity index is 0.000000187. The van der Waals surface area contributed by atoms with Crippen molar-refractivity contribution >= 4 is 10.4 Å². The minimum Gasteiger partial charge on any atom is -0.317 e. The van der Waals surface area contributed by atoms with Gasteiger partial charge >= 0.3 is 10.4 Å². The second-order valence-corrected chi connectivity index (χ2v) is 3.24. The van der Waals surface area contributed by atoms with Crippen LogP contribution in [0.5, 0.6) is 0 Å². The molecule has 1 fully saturated rings. The van der Waals surface area contributed by atoms with Gasteiger partial charge in [-0.3, -0.25) is 0 Å². The molecule has 0 aromatic rings. The summed E-state index contributed by atoms with van der Waals surface area (Å²) >= 11 is 0. The second kappa shape index (κ2) is 5.45. The topological polar surface area (TPSA) is 72.2 Å². The Morgan fingerprint density at radius 2 is 1.55 bits per heavy atom. The summed E-state index contributed by atoms with van der Waals surface area (Å²) in [5.74, 6) is 0. The van der Waals surface area contributed by atoms with Crippen LogP contribution in [0.3, 0.4) is 0 Å². The average molecular weight is 184 g/mol. The van der Waals surface area contributed by atoms with Gasteiger partial charge in [-0.2, -0.15) is 8.42 Å². The van der Waals surface area contributed by atoms with E-state index in [1.54, 1.807) is 0 Å². The third-order valence-electron chi connectivity index (χ3n) is 1.21. The summed E-state index contributed by atoms with van der Waals surface area (Å²) in [6.07, 6.45) is 4.22. The molecule has 1 saturated heterocycles. The maximum absolute atomic E-state index is 10.4. The van der Waals surface area contributed by atoms with E-state index < -0.39 is 10.4 Å². The molecule has 0 spiro atoms. The SMILES string of the molecule is C1CCNCC1.NS(=O)(=O)F.